The van der Waals surface area contributed by atoms with Gasteiger partial charge in [0.2, 0.25) is 0 Å². The maximum absolute atomic E-state index is 5.49. The van der Waals surface area contributed by atoms with Crippen molar-refractivity contribution in [2.45, 2.75) is 51.6 Å². The van der Waals surface area contributed by atoms with Gasteiger partial charge >= 0.3 is 0 Å². The molecular weight excluding hydrogens is 266 g/mol. The Kier molecular flexibility index (Phi) is 4.09. The SMILES string of the molecule is CC(NC1CCCCC1C)c1occc1Br. The highest BCUT2D eigenvalue weighted by molar-refractivity contribution is 9.10. The van der Waals surface area contributed by atoms with Crippen molar-refractivity contribution in [1.29, 1.82) is 0 Å². The molecule has 1 saturated carbocycles. The van der Waals surface area contributed by atoms with Crippen LogP contribution in [0, 0.1) is 5.92 Å². The van der Waals surface area contributed by atoms with Crippen molar-refractivity contribution in [3.05, 3.63) is 22.6 Å². The molecular formula is C13H20BrNO. The first kappa shape index (κ1) is 12.2. The van der Waals surface area contributed by atoms with Crippen LogP contribution in [0.2, 0.25) is 0 Å². The minimum atomic E-state index is 0.287. The van der Waals surface area contributed by atoms with Crippen molar-refractivity contribution < 1.29 is 4.42 Å². The van der Waals surface area contributed by atoms with Crippen molar-refractivity contribution in [3.8, 4) is 0 Å². The van der Waals surface area contributed by atoms with Gasteiger partial charge in [0.05, 0.1) is 16.8 Å². The second kappa shape index (κ2) is 5.37. The van der Waals surface area contributed by atoms with Gasteiger partial charge in [-0.25, -0.2) is 0 Å². The van der Waals surface area contributed by atoms with Gasteiger partial charge in [-0.1, -0.05) is 19.8 Å². The maximum atomic E-state index is 5.49. The molecule has 2 rings (SSSR count). The van der Waals surface area contributed by atoms with E-state index < -0.39 is 0 Å². The largest absolute Gasteiger partial charge is 0.466 e. The zero-order valence-corrected chi connectivity index (χ0v) is 11.6. The van der Waals surface area contributed by atoms with Gasteiger partial charge in [0.15, 0.2) is 0 Å². The van der Waals surface area contributed by atoms with Gasteiger partial charge in [0, 0.05) is 6.04 Å². The molecule has 1 heterocycles. The Bertz CT molecular complexity index is 336. The molecule has 0 bridgehead atoms. The van der Waals surface area contributed by atoms with Crippen LogP contribution < -0.4 is 5.32 Å². The first-order valence-corrected chi connectivity index (χ1v) is 6.96. The van der Waals surface area contributed by atoms with E-state index in [1.165, 1.54) is 25.7 Å². The van der Waals surface area contributed by atoms with Crippen LogP contribution in [-0.4, -0.2) is 6.04 Å². The second-order valence-corrected chi connectivity index (χ2v) is 5.74. The van der Waals surface area contributed by atoms with Crippen molar-refractivity contribution in [2.75, 3.05) is 0 Å². The number of halogens is 1. The van der Waals surface area contributed by atoms with Gasteiger partial charge in [-0.2, -0.15) is 0 Å². The van der Waals surface area contributed by atoms with Crippen LogP contribution in [0.25, 0.3) is 0 Å². The minimum Gasteiger partial charge on any atom is -0.466 e. The monoisotopic (exact) mass is 285 g/mol. The summed E-state index contributed by atoms with van der Waals surface area (Å²) in [5.74, 6) is 1.79. The van der Waals surface area contributed by atoms with Crippen LogP contribution in [0.1, 0.15) is 51.3 Å². The number of nitrogens with one attached hydrogen (secondary N) is 1. The Labute approximate surface area is 106 Å². The lowest BCUT2D eigenvalue weighted by molar-refractivity contribution is 0.252. The topological polar surface area (TPSA) is 25.2 Å². The summed E-state index contributed by atoms with van der Waals surface area (Å²) in [5, 5.41) is 3.69. The van der Waals surface area contributed by atoms with Crippen LogP contribution >= 0.6 is 15.9 Å². The average Bonchev–Trinajstić information content (AvgIpc) is 2.68. The van der Waals surface area contributed by atoms with Gasteiger partial charge in [-0.3, -0.25) is 0 Å². The molecule has 1 aromatic rings. The highest BCUT2D eigenvalue weighted by Gasteiger charge is 2.24. The Morgan fingerprint density at radius 2 is 2.19 bits per heavy atom. The van der Waals surface area contributed by atoms with E-state index in [2.05, 4.69) is 35.1 Å². The zero-order valence-electron chi connectivity index (χ0n) is 10.0. The van der Waals surface area contributed by atoms with Gasteiger partial charge in [-0.15, -0.1) is 0 Å². The van der Waals surface area contributed by atoms with E-state index in [-0.39, 0.29) is 6.04 Å². The summed E-state index contributed by atoms with van der Waals surface area (Å²) in [5.41, 5.74) is 0. The van der Waals surface area contributed by atoms with Gasteiger partial charge in [0.1, 0.15) is 5.76 Å². The fourth-order valence-electron chi connectivity index (χ4n) is 2.58. The molecule has 3 unspecified atom stereocenters. The summed E-state index contributed by atoms with van der Waals surface area (Å²) in [4.78, 5) is 0. The molecule has 16 heavy (non-hydrogen) atoms. The third kappa shape index (κ3) is 2.69. The Morgan fingerprint density at radius 3 is 2.81 bits per heavy atom. The first-order valence-electron chi connectivity index (χ1n) is 6.17. The second-order valence-electron chi connectivity index (χ2n) is 4.89. The molecule has 2 nitrogen and oxygen atoms in total. The van der Waals surface area contributed by atoms with Crippen molar-refractivity contribution in [1.82, 2.24) is 5.32 Å². The predicted molar refractivity (Wildman–Crippen MR) is 69.4 cm³/mol. The molecule has 0 aromatic carbocycles. The highest BCUT2D eigenvalue weighted by Crippen LogP contribution is 2.29. The Hall–Kier alpha value is -0.280. The normalized spacial score (nSPS) is 27.9. The fourth-order valence-corrected chi connectivity index (χ4v) is 3.12. The van der Waals surface area contributed by atoms with Gasteiger partial charge < -0.3 is 9.73 Å². The number of furan rings is 1. The molecule has 3 heteroatoms. The van der Waals surface area contributed by atoms with Gasteiger partial charge in [0.25, 0.3) is 0 Å². The number of rotatable bonds is 3. The third-order valence-electron chi connectivity index (χ3n) is 3.61. The quantitative estimate of drug-likeness (QED) is 0.897. The lowest BCUT2D eigenvalue weighted by Crippen LogP contribution is -2.38. The highest BCUT2D eigenvalue weighted by atomic mass is 79.9. The summed E-state index contributed by atoms with van der Waals surface area (Å²) in [6.07, 6.45) is 7.13. The van der Waals surface area contributed by atoms with Crippen LogP contribution in [0.3, 0.4) is 0 Å². The van der Waals surface area contributed by atoms with Crippen LogP contribution in [-0.2, 0) is 0 Å². The average molecular weight is 286 g/mol. The molecule has 1 aliphatic rings. The van der Waals surface area contributed by atoms with Crippen molar-refractivity contribution in [2.24, 2.45) is 5.92 Å². The fraction of sp³-hybridized carbons (Fsp3) is 0.692. The van der Waals surface area contributed by atoms with E-state index in [4.69, 9.17) is 4.42 Å². The standard InChI is InChI=1S/C13H20BrNO/c1-9-5-3-4-6-12(9)15-10(2)13-11(14)7-8-16-13/h7-10,12,15H,3-6H2,1-2H3. The molecule has 0 saturated heterocycles. The smallest absolute Gasteiger partial charge is 0.134 e. The van der Waals surface area contributed by atoms with E-state index in [9.17, 15) is 0 Å². The Morgan fingerprint density at radius 1 is 1.44 bits per heavy atom. The van der Waals surface area contributed by atoms with E-state index in [1.807, 2.05) is 6.07 Å². The molecule has 1 N–H and O–H groups in total. The third-order valence-corrected chi connectivity index (χ3v) is 4.27. The summed E-state index contributed by atoms with van der Waals surface area (Å²) in [7, 11) is 0. The van der Waals surface area contributed by atoms with E-state index in [0.29, 0.717) is 6.04 Å². The van der Waals surface area contributed by atoms with Crippen LogP contribution in [0.15, 0.2) is 21.2 Å². The molecule has 3 atom stereocenters. The summed E-state index contributed by atoms with van der Waals surface area (Å²) < 4.78 is 6.56. The molecule has 1 aromatic heterocycles. The van der Waals surface area contributed by atoms with Crippen molar-refractivity contribution >= 4 is 15.9 Å². The molecule has 0 aliphatic heterocycles. The lowest BCUT2D eigenvalue weighted by Gasteiger charge is -2.31. The van der Waals surface area contributed by atoms with E-state index in [1.54, 1.807) is 6.26 Å². The molecule has 0 spiro atoms. The minimum absolute atomic E-state index is 0.287. The van der Waals surface area contributed by atoms with E-state index in [0.717, 1.165) is 16.2 Å². The summed E-state index contributed by atoms with van der Waals surface area (Å²) >= 11 is 3.51. The Balaban J connectivity index is 1.96. The van der Waals surface area contributed by atoms with Crippen molar-refractivity contribution in [3.63, 3.8) is 0 Å². The molecule has 1 aliphatic carbocycles. The zero-order chi connectivity index (χ0) is 11.5. The molecule has 0 amide bonds. The maximum Gasteiger partial charge on any atom is 0.134 e. The van der Waals surface area contributed by atoms with Crippen LogP contribution in [0.4, 0.5) is 0 Å². The molecule has 1 fully saturated rings. The lowest BCUT2D eigenvalue weighted by atomic mass is 9.85. The summed E-state index contributed by atoms with van der Waals surface area (Å²) in [6.45, 7) is 4.52. The predicted octanol–water partition coefficient (Wildman–Crippen LogP) is 4.27. The van der Waals surface area contributed by atoms with Gasteiger partial charge in [-0.05, 0) is 47.7 Å². The number of hydrogen-bond donors (Lipinski definition) is 1. The molecule has 0 radical (unpaired) electrons. The number of hydrogen-bond acceptors (Lipinski definition) is 2. The van der Waals surface area contributed by atoms with Crippen LogP contribution in [0.5, 0.6) is 0 Å². The first-order chi connectivity index (χ1) is 7.68. The summed E-state index contributed by atoms with van der Waals surface area (Å²) in [6, 6.07) is 2.88. The van der Waals surface area contributed by atoms with E-state index >= 15 is 0 Å². The molecule has 90 valence electrons.